The van der Waals surface area contributed by atoms with Gasteiger partial charge >= 0.3 is 5.97 Å². The van der Waals surface area contributed by atoms with Gasteiger partial charge in [-0.25, -0.2) is 0 Å². The van der Waals surface area contributed by atoms with Crippen LogP contribution in [0.25, 0.3) is 0 Å². The first-order valence-corrected chi connectivity index (χ1v) is 6.35. The van der Waals surface area contributed by atoms with Gasteiger partial charge in [0, 0.05) is 17.1 Å². The molecule has 0 radical (unpaired) electrons. The largest absolute Gasteiger partial charge is 0.481 e. The average Bonchev–Trinajstić information content (AvgIpc) is 2.35. The molecule has 0 aliphatic rings. The average molecular weight is 249 g/mol. The van der Waals surface area contributed by atoms with Crippen LogP contribution in [0.15, 0.2) is 35.2 Å². The molecule has 1 aromatic rings. The maximum atomic E-state index is 10.5. The van der Waals surface area contributed by atoms with Gasteiger partial charge < -0.3 is 5.11 Å². The van der Waals surface area contributed by atoms with Crippen molar-refractivity contribution >= 4 is 17.7 Å². The highest BCUT2D eigenvalue weighted by molar-refractivity contribution is 7.99. The number of thioether (sulfide) groups is 1. The molecule has 0 fully saturated rings. The van der Waals surface area contributed by atoms with E-state index in [2.05, 4.69) is 6.07 Å². The lowest BCUT2D eigenvalue weighted by Gasteiger charge is -2.19. The fourth-order valence-corrected chi connectivity index (χ4v) is 2.35. The minimum absolute atomic E-state index is 0.0411. The molecule has 0 spiro atoms. The number of benzene rings is 1. The third-order valence-corrected chi connectivity index (χ3v) is 3.85. The number of carboxylic acid groups (broad SMARTS) is 1. The summed E-state index contributed by atoms with van der Waals surface area (Å²) >= 11 is 1.59. The SMILES string of the molecule is CC(C#N)(CCC(=O)O)CSc1ccccc1. The van der Waals surface area contributed by atoms with Gasteiger partial charge in [-0.2, -0.15) is 5.26 Å². The second-order valence-corrected chi connectivity index (χ2v) is 5.22. The standard InChI is InChI=1S/C13H15NO2S/c1-13(9-14,8-7-12(15)16)10-17-11-5-3-2-4-6-11/h2-6H,7-8,10H2,1H3,(H,15,16). The number of aliphatic carboxylic acids is 1. The number of carbonyl (C=O) groups is 1. The van der Waals surface area contributed by atoms with Gasteiger partial charge in [-0.05, 0) is 25.5 Å². The molecule has 0 saturated carbocycles. The normalized spacial score (nSPS) is 13.6. The highest BCUT2D eigenvalue weighted by Crippen LogP contribution is 2.31. The van der Waals surface area contributed by atoms with E-state index in [0.29, 0.717) is 12.2 Å². The van der Waals surface area contributed by atoms with Crippen molar-refractivity contribution in [1.29, 1.82) is 5.26 Å². The zero-order valence-corrected chi connectivity index (χ0v) is 10.5. The molecular weight excluding hydrogens is 234 g/mol. The first kappa shape index (κ1) is 13.6. The second kappa shape index (κ2) is 6.31. The molecule has 3 nitrogen and oxygen atoms in total. The summed E-state index contributed by atoms with van der Waals surface area (Å²) < 4.78 is 0. The summed E-state index contributed by atoms with van der Waals surface area (Å²) in [6.45, 7) is 1.81. The molecule has 0 heterocycles. The molecule has 4 heteroatoms. The Morgan fingerprint density at radius 2 is 2.12 bits per heavy atom. The maximum Gasteiger partial charge on any atom is 0.303 e. The van der Waals surface area contributed by atoms with Gasteiger partial charge in [-0.15, -0.1) is 11.8 Å². The minimum Gasteiger partial charge on any atom is -0.481 e. The predicted molar refractivity (Wildman–Crippen MR) is 67.8 cm³/mol. The fourth-order valence-electron chi connectivity index (χ4n) is 1.30. The maximum absolute atomic E-state index is 10.5. The Hall–Kier alpha value is -1.47. The summed E-state index contributed by atoms with van der Waals surface area (Å²) in [5.41, 5.74) is -0.584. The van der Waals surface area contributed by atoms with Crippen LogP contribution in [-0.2, 0) is 4.79 Å². The van der Waals surface area contributed by atoms with Crippen molar-refractivity contribution < 1.29 is 9.90 Å². The highest BCUT2D eigenvalue weighted by Gasteiger charge is 2.25. The van der Waals surface area contributed by atoms with Crippen LogP contribution >= 0.6 is 11.8 Å². The van der Waals surface area contributed by atoms with Crippen molar-refractivity contribution in [2.45, 2.75) is 24.7 Å². The molecule has 0 bridgehead atoms. The Morgan fingerprint density at radius 1 is 1.47 bits per heavy atom. The zero-order chi connectivity index (χ0) is 12.7. The van der Waals surface area contributed by atoms with Crippen LogP contribution in [0, 0.1) is 16.7 Å². The number of hydrogen-bond acceptors (Lipinski definition) is 3. The van der Waals surface area contributed by atoms with Gasteiger partial charge in [0.2, 0.25) is 0 Å². The zero-order valence-electron chi connectivity index (χ0n) is 9.72. The van der Waals surface area contributed by atoms with Crippen LogP contribution in [0.4, 0.5) is 0 Å². The van der Waals surface area contributed by atoms with Gasteiger partial charge in [-0.1, -0.05) is 18.2 Å². The van der Waals surface area contributed by atoms with Crippen LogP contribution < -0.4 is 0 Å². The molecule has 0 saturated heterocycles. The van der Waals surface area contributed by atoms with Gasteiger partial charge in [0.15, 0.2) is 0 Å². The molecule has 0 amide bonds. The molecule has 1 unspecified atom stereocenters. The van der Waals surface area contributed by atoms with E-state index < -0.39 is 11.4 Å². The van der Waals surface area contributed by atoms with Crippen molar-refractivity contribution in [3.63, 3.8) is 0 Å². The molecule has 1 N–H and O–H groups in total. The van der Waals surface area contributed by atoms with E-state index in [1.807, 2.05) is 37.3 Å². The van der Waals surface area contributed by atoms with Crippen molar-refractivity contribution in [3.05, 3.63) is 30.3 Å². The van der Waals surface area contributed by atoms with Gasteiger partial charge in [-0.3, -0.25) is 4.79 Å². The van der Waals surface area contributed by atoms with Crippen LogP contribution in [0.2, 0.25) is 0 Å². The molecule has 1 atom stereocenters. The number of hydrogen-bond donors (Lipinski definition) is 1. The predicted octanol–water partition coefficient (Wildman–Crippen LogP) is 3.17. The molecule has 0 aliphatic carbocycles. The Labute approximate surface area is 105 Å². The van der Waals surface area contributed by atoms with Crippen molar-refractivity contribution in [1.82, 2.24) is 0 Å². The summed E-state index contributed by atoms with van der Waals surface area (Å²) in [7, 11) is 0. The van der Waals surface area contributed by atoms with Crippen LogP contribution in [0.1, 0.15) is 19.8 Å². The number of rotatable bonds is 6. The number of nitriles is 1. The Bertz CT molecular complexity index is 413. The molecular formula is C13H15NO2S. The quantitative estimate of drug-likeness (QED) is 0.787. The van der Waals surface area contributed by atoms with E-state index in [1.54, 1.807) is 11.8 Å². The van der Waals surface area contributed by atoms with E-state index >= 15 is 0 Å². The van der Waals surface area contributed by atoms with Crippen LogP contribution in [0.3, 0.4) is 0 Å². The molecule has 90 valence electrons. The van der Waals surface area contributed by atoms with Crippen LogP contribution in [-0.4, -0.2) is 16.8 Å². The molecule has 17 heavy (non-hydrogen) atoms. The summed E-state index contributed by atoms with van der Waals surface area (Å²) in [5, 5.41) is 17.8. The minimum atomic E-state index is -0.851. The van der Waals surface area contributed by atoms with E-state index in [9.17, 15) is 4.79 Å². The van der Waals surface area contributed by atoms with E-state index in [1.165, 1.54) is 0 Å². The van der Waals surface area contributed by atoms with E-state index in [-0.39, 0.29) is 6.42 Å². The summed E-state index contributed by atoms with van der Waals surface area (Å²) in [5.74, 6) is -0.239. The third-order valence-electron chi connectivity index (χ3n) is 2.46. The first-order valence-electron chi connectivity index (χ1n) is 5.37. The Balaban J connectivity index is 2.52. The van der Waals surface area contributed by atoms with Gasteiger partial charge in [0.05, 0.1) is 11.5 Å². The van der Waals surface area contributed by atoms with Gasteiger partial charge in [0.1, 0.15) is 0 Å². The molecule has 0 aromatic heterocycles. The summed E-state index contributed by atoms with van der Waals surface area (Å²) in [6.07, 6.45) is 0.429. The fraction of sp³-hybridized carbons (Fsp3) is 0.385. The number of carboxylic acids is 1. The van der Waals surface area contributed by atoms with Crippen LogP contribution in [0.5, 0.6) is 0 Å². The lowest BCUT2D eigenvalue weighted by atomic mass is 9.89. The lowest BCUT2D eigenvalue weighted by molar-refractivity contribution is -0.137. The molecule has 1 aromatic carbocycles. The summed E-state index contributed by atoms with van der Waals surface area (Å²) in [6, 6.07) is 12.0. The Kier molecular flexibility index (Phi) is 5.05. The lowest BCUT2D eigenvalue weighted by Crippen LogP contribution is -2.18. The van der Waals surface area contributed by atoms with Gasteiger partial charge in [0.25, 0.3) is 0 Å². The highest BCUT2D eigenvalue weighted by atomic mass is 32.2. The second-order valence-electron chi connectivity index (χ2n) is 4.17. The topological polar surface area (TPSA) is 61.1 Å². The molecule has 0 aliphatic heterocycles. The number of nitrogens with zero attached hydrogens (tertiary/aromatic N) is 1. The Morgan fingerprint density at radius 3 is 2.65 bits per heavy atom. The van der Waals surface area contributed by atoms with E-state index in [4.69, 9.17) is 10.4 Å². The smallest absolute Gasteiger partial charge is 0.303 e. The van der Waals surface area contributed by atoms with E-state index in [0.717, 1.165) is 4.90 Å². The van der Waals surface area contributed by atoms with Crippen molar-refractivity contribution in [2.75, 3.05) is 5.75 Å². The summed E-state index contributed by atoms with van der Waals surface area (Å²) in [4.78, 5) is 11.6. The first-order chi connectivity index (χ1) is 8.06. The molecule has 1 rings (SSSR count). The monoisotopic (exact) mass is 249 g/mol. The van der Waals surface area contributed by atoms with Crippen molar-refractivity contribution in [3.8, 4) is 6.07 Å². The van der Waals surface area contributed by atoms with Crippen molar-refractivity contribution in [2.24, 2.45) is 5.41 Å². The third kappa shape index (κ3) is 4.92.